The summed E-state index contributed by atoms with van der Waals surface area (Å²) in [5.74, 6) is -0.419. The summed E-state index contributed by atoms with van der Waals surface area (Å²) >= 11 is 1.23. The largest absolute Gasteiger partial charge is 0.298 e. The molecule has 158 valence electrons. The van der Waals surface area contributed by atoms with E-state index in [0.717, 1.165) is 11.8 Å². The van der Waals surface area contributed by atoms with Crippen molar-refractivity contribution in [1.82, 2.24) is 9.71 Å². The van der Waals surface area contributed by atoms with Crippen molar-refractivity contribution in [3.8, 4) is 11.3 Å². The Labute approximate surface area is 178 Å². The van der Waals surface area contributed by atoms with Crippen LogP contribution < -0.4 is 14.8 Å². The molecule has 3 rings (SSSR count). The predicted molar refractivity (Wildman–Crippen MR) is 117 cm³/mol. The number of benzene rings is 2. The number of anilines is 2. The molecular formula is C18H18N4O5S3. The van der Waals surface area contributed by atoms with Crippen LogP contribution in [0.1, 0.15) is 10.4 Å². The topological polar surface area (TPSA) is 134 Å². The Bertz CT molecular complexity index is 1270. The average Bonchev–Trinajstić information content (AvgIpc) is 3.16. The number of amides is 1. The lowest BCUT2D eigenvalue weighted by molar-refractivity contribution is 0.102. The van der Waals surface area contributed by atoms with Crippen LogP contribution in [0.3, 0.4) is 0 Å². The van der Waals surface area contributed by atoms with Crippen LogP contribution in [0.5, 0.6) is 0 Å². The second kappa shape index (κ2) is 8.52. The van der Waals surface area contributed by atoms with Crippen LogP contribution >= 0.6 is 11.3 Å². The normalized spacial score (nSPS) is 11.8. The molecule has 0 radical (unpaired) electrons. The molecule has 1 heterocycles. The highest BCUT2D eigenvalue weighted by molar-refractivity contribution is 7.92. The fraction of sp³-hybridized carbons (Fsp3) is 0.111. The van der Waals surface area contributed by atoms with Crippen LogP contribution in [0.25, 0.3) is 11.3 Å². The molecule has 2 aromatic carbocycles. The van der Waals surface area contributed by atoms with E-state index in [-0.39, 0.29) is 10.5 Å². The van der Waals surface area contributed by atoms with E-state index >= 15 is 0 Å². The quantitative estimate of drug-likeness (QED) is 0.489. The molecule has 30 heavy (non-hydrogen) atoms. The Kier molecular flexibility index (Phi) is 6.22. The van der Waals surface area contributed by atoms with Gasteiger partial charge >= 0.3 is 0 Å². The van der Waals surface area contributed by atoms with Crippen molar-refractivity contribution in [3.63, 3.8) is 0 Å². The lowest BCUT2D eigenvalue weighted by atomic mass is 10.1. The number of hydrogen-bond acceptors (Lipinski definition) is 7. The monoisotopic (exact) mass is 466 g/mol. The molecule has 0 saturated carbocycles. The first-order chi connectivity index (χ1) is 14.1. The van der Waals surface area contributed by atoms with Gasteiger partial charge in [0.15, 0.2) is 5.13 Å². The fourth-order valence-electron chi connectivity index (χ4n) is 2.46. The van der Waals surface area contributed by atoms with Gasteiger partial charge in [-0.3, -0.25) is 14.8 Å². The predicted octanol–water partition coefficient (Wildman–Crippen LogP) is 2.34. The van der Waals surface area contributed by atoms with E-state index in [1.165, 1.54) is 42.6 Å². The van der Waals surface area contributed by atoms with Gasteiger partial charge in [-0.05, 0) is 43.4 Å². The van der Waals surface area contributed by atoms with E-state index in [1.807, 2.05) is 0 Å². The van der Waals surface area contributed by atoms with Crippen molar-refractivity contribution in [2.75, 3.05) is 23.3 Å². The van der Waals surface area contributed by atoms with Gasteiger partial charge in [-0.2, -0.15) is 0 Å². The average molecular weight is 467 g/mol. The highest BCUT2D eigenvalue weighted by atomic mass is 32.2. The van der Waals surface area contributed by atoms with Crippen molar-refractivity contribution >= 4 is 48.1 Å². The highest BCUT2D eigenvalue weighted by Gasteiger charge is 2.14. The van der Waals surface area contributed by atoms with E-state index < -0.39 is 26.0 Å². The van der Waals surface area contributed by atoms with Crippen molar-refractivity contribution < 1.29 is 21.6 Å². The number of carbonyl (C=O) groups is 1. The Morgan fingerprint density at radius 2 is 1.60 bits per heavy atom. The van der Waals surface area contributed by atoms with Crippen LogP contribution in [-0.4, -0.2) is 41.0 Å². The Morgan fingerprint density at radius 3 is 2.17 bits per heavy atom. The first-order valence-electron chi connectivity index (χ1n) is 8.46. The van der Waals surface area contributed by atoms with Crippen molar-refractivity contribution in [2.45, 2.75) is 4.90 Å². The highest BCUT2D eigenvalue weighted by Crippen LogP contribution is 2.26. The van der Waals surface area contributed by atoms with Crippen LogP contribution in [-0.2, 0) is 20.0 Å². The fourth-order valence-corrected chi connectivity index (χ4v) is 4.47. The van der Waals surface area contributed by atoms with Gasteiger partial charge in [0.25, 0.3) is 5.91 Å². The van der Waals surface area contributed by atoms with Crippen LogP contribution in [0.2, 0.25) is 0 Å². The molecule has 0 bridgehead atoms. The maximum atomic E-state index is 12.4. The number of hydrogen-bond donors (Lipinski definition) is 3. The summed E-state index contributed by atoms with van der Waals surface area (Å²) in [5.41, 5.74) is 2.11. The first-order valence-corrected chi connectivity index (χ1v) is 12.7. The molecule has 0 spiro atoms. The minimum atomic E-state index is -3.57. The minimum absolute atomic E-state index is 0.0619. The Balaban J connectivity index is 1.70. The van der Waals surface area contributed by atoms with E-state index in [9.17, 15) is 21.6 Å². The second-order valence-corrected chi connectivity index (χ2v) is 10.7. The maximum absolute atomic E-state index is 12.4. The summed E-state index contributed by atoms with van der Waals surface area (Å²) in [5, 5.41) is 4.81. The van der Waals surface area contributed by atoms with Gasteiger partial charge in [-0.25, -0.2) is 26.5 Å². The zero-order chi connectivity index (χ0) is 21.9. The summed E-state index contributed by atoms with van der Waals surface area (Å²) in [6.45, 7) is 0. The molecule has 0 aliphatic heterocycles. The molecule has 0 unspecified atom stereocenters. The van der Waals surface area contributed by atoms with Gasteiger partial charge < -0.3 is 0 Å². The van der Waals surface area contributed by atoms with E-state index in [1.54, 1.807) is 29.6 Å². The summed E-state index contributed by atoms with van der Waals surface area (Å²) in [6.07, 6.45) is 1.07. The number of sulfonamides is 2. The van der Waals surface area contributed by atoms with Crippen molar-refractivity contribution in [3.05, 3.63) is 59.5 Å². The van der Waals surface area contributed by atoms with E-state index in [0.29, 0.717) is 16.5 Å². The number of rotatable bonds is 7. The summed E-state index contributed by atoms with van der Waals surface area (Å²) in [4.78, 5) is 16.8. The molecule has 3 N–H and O–H groups in total. The van der Waals surface area contributed by atoms with Gasteiger partial charge in [0.05, 0.1) is 16.8 Å². The van der Waals surface area contributed by atoms with Gasteiger partial charge in [0.1, 0.15) is 0 Å². The van der Waals surface area contributed by atoms with Gasteiger partial charge in [0, 0.05) is 22.2 Å². The van der Waals surface area contributed by atoms with Crippen molar-refractivity contribution in [1.29, 1.82) is 0 Å². The van der Waals surface area contributed by atoms with Crippen molar-refractivity contribution in [2.24, 2.45) is 0 Å². The zero-order valence-electron chi connectivity index (χ0n) is 15.9. The van der Waals surface area contributed by atoms with Gasteiger partial charge in [0.2, 0.25) is 20.0 Å². The van der Waals surface area contributed by atoms with E-state index in [2.05, 4.69) is 19.7 Å². The maximum Gasteiger partial charge on any atom is 0.257 e. The molecule has 0 aliphatic rings. The molecule has 0 aliphatic carbocycles. The summed E-state index contributed by atoms with van der Waals surface area (Å²) in [6, 6.07) is 12.2. The molecule has 9 nitrogen and oxygen atoms in total. The van der Waals surface area contributed by atoms with Crippen LogP contribution in [0.4, 0.5) is 10.8 Å². The SMILES string of the molecule is CNS(=O)(=O)c1ccc(C(=O)Nc2nc(-c3ccc(NS(C)(=O)=O)cc3)cs2)cc1. The van der Waals surface area contributed by atoms with Crippen LogP contribution in [0.15, 0.2) is 58.8 Å². The number of aromatic nitrogens is 1. The Morgan fingerprint density at radius 1 is 0.967 bits per heavy atom. The zero-order valence-corrected chi connectivity index (χ0v) is 18.4. The lowest BCUT2D eigenvalue weighted by Gasteiger charge is -2.05. The molecule has 1 amide bonds. The molecule has 0 fully saturated rings. The minimum Gasteiger partial charge on any atom is -0.298 e. The molecule has 12 heteroatoms. The number of nitrogens with zero attached hydrogens (tertiary/aromatic N) is 1. The number of nitrogens with one attached hydrogen (secondary N) is 3. The number of thiazole rings is 1. The van der Waals surface area contributed by atoms with Gasteiger partial charge in [-0.1, -0.05) is 12.1 Å². The molecule has 3 aromatic rings. The molecular weight excluding hydrogens is 448 g/mol. The lowest BCUT2D eigenvalue weighted by Crippen LogP contribution is -2.19. The third kappa shape index (κ3) is 5.42. The smallest absolute Gasteiger partial charge is 0.257 e. The van der Waals surface area contributed by atoms with Crippen LogP contribution in [0, 0.1) is 0 Å². The van der Waals surface area contributed by atoms with Gasteiger partial charge in [-0.15, -0.1) is 11.3 Å². The third-order valence-electron chi connectivity index (χ3n) is 3.90. The molecule has 0 saturated heterocycles. The first kappa shape index (κ1) is 21.9. The number of carbonyl (C=O) groups excluding carboxylic acids is 1. The third-order valence-corrected chi connectivity index (χ3v) is 6.70. The summed E-state index contributed by atoms with van der Waals surface area (Å²) in [7, 11) is -5.61. The Hall–Kier alpha value is -2.80. The van der Waals surface area contributed by atoms with E-state index in [4.69, 9.17) is 0 Å². The molecule has 0 atom stereocenters. The molecule has 1 aromatic heterocycles. The second-order valence-electron chi connectivity index (χ2n) is 6.18. The summed E-state index contributed by atoms with van der Waals surface area (Å²) < 4.78 is 50.6. The standard InChI is InChI=1S/C18H18N4O5S3/c1-19-30(26,27)15-9-5-13(6-10-15)17(23)21-18-20-16(11-28-18)12-3-7-14(8-4-12)22-29(2,24)25/h3-11,19,22H,1-2H3,(H,20,21,23).